The Bertz CT molecular complexity index is 1030. The molecule has 4 rings (SSSR count). The summed E-state index contributed by atoms with van der Waals surface area (Å²) in [4.78, 5) is 39.0. The molecule has 0 heterocycles. The second kappa shape index (κ2) is 7.38. The Morgan fingerprint density at radius 3 is 2.31 bits per heavy atom. The van der Waals surface area contributed by atoms with E-state index in [-0.39, 0.29) is 17.7 Å². The molecule has 1 aromatic rings. The van der Waals surface area contributed by atoms with Gasteiger partial charge in [0.1, 0.15) is 17.2 Å². The highest BCUT2D eigenvalue weighted by Crippen LogP contribution is 2.58. The molecule has 32 heavy (non-hydrogen) atoms. The van der Waals surface area contributed by atoms with Crippen LogP contribution in [0.15, 0.2) is 29.7 Å². The standard InChI is InChI=1S/C22H26N2O8/c1-8-9-5-4-6-10(26)12(9)19(28)14-11(8)18(27)13-15(22(14,31)32)20(29)16(23-7-25)21(30)17(13)24(2)3/h4-8,11,13-15,17-18,26-27,29,31-32H,1-3H3,(H,23,25). The van der Waals surface area contributed by atoms with Crippen molar-refractivity contribution in [3.05, 3.63) is 40.8 Å². The quantitative estimate of drug-likeness (QED) is 0.258. The van der Waals surface area contributed by atoms with Crippen molar-refractivity contribution in [2.24, 2.45) is 23.7 Å². The highest BCUT2D eigenvalue weighted by atomic mass is 16.5. The number of Topliss-reactive ketones (excluding diaryl/α,β-unsaturated/α-hetero) is 2. The molecular weight excluding hydrogens is 420 g/mol. The summed E-state index contributed by atoms with van der Waals surface area (Å²) < 4.78 is 0. The van der Waals surface area contributed by atoms with Crippen LogP contribution >= 0.6 is 0 Å². The van der Waals surface area contributed by atoms with Crippen molar-refractivity contribution in [3.8, 4) is 5.75 Å². The predicted octanol–water partition coefficient (Wildman–Crippen LogP) is -0.759. The molecule has 3 aliphatic rings. The smallest absolute Gasteiger partial charge is 0.211 e. The lowest BCUT2D eigenvalue weighted by molar-refractivity contribution is -0.288. The van der Waals surface area contributed by atoms with Gasteiger partial charge in [-0.05, 0) is 31.6 Å². The zero-order chi connectivity index (χ0) is 23.7. The number of rotatable bonds is 3. The molecule has 0 radical (unpaired) electrons. The highest BCUT2D eigenvalue weighted by molar-refractivity contribution is 6.05. The van der Waals surface area contributed by atoms with Gasteiger partial charge in [0.2, 0.25) is 6.41 Å². The number of hydrogen-bond acceptors (Lipinski definition) is 9. The molecular formula is C22H26N2O8. The number of phenolic OH excluding ortho intramolecular Hbond substituents is 1. The van der Waals surface area contributed by atoms with Gasteiger partial charge < -0.3 is 30.8 Å². The summed E-state index contributed by atoms with van der Waals surface area (Å²) >= 11 is 0. The lowest BCUT2D eigenvalue weighted by Gasteiger charge is -2.58. The van der Waals surface area contributed by atoms with Gasteiger partial charge in [-0.15, -0.1) is 0 Å². The first kappa shape index (κ1) is 22.4. The maximum Gasteiger partial charge on any atom is 0.211 e. The van der Waals surface area contributed by atoms with Gasteiger partial charge in [0.25, 0.3) is 0 Å². The van der Waals surface area contributed by atoms with Gasteiger partial charge in [-0.25, -0.2) is 0 Å². The van der Waals surface area contributed by atoms with E-state index in [0.29, 0.717) is 5.56 Å². The maximum atomic E-state index is 13.4. The summed E-state index contributed by atoms with van der Waals surface area (Å²) in [5.41, 5.74) is -0.126. The predicted molar refractivity (Wildman–Crippen MR) is 109 cm³/mol. The number of carbonyl (C=O) groups excluding carboxylic acids is 3. The van der Waals surface area contributed by atoms with Gasteiger partial charge in [-0.3, -0.25) is 19.3 Å². The van der Waals surface area contributed by atoms with Crippen LogP contribution in [0.25, 0.3) is 0 Å². The van der Waals surface area contributed by atoms with Gasteiger partial charge in [0.05, 0.1) is 29.5 Å². The number of hydrogen-bond donors (Lipinski definition) is 6. The van der Waals surface area contributed by atoms with Crippen LogP contribution in [0.1, 0.15) is 28.8 Å². The molecule has 10 nitrogen and oxygen atoms in total. The number of ketones is 2. The molecule has 0 aliphatic heterocycles. The van der Waals surface area contributed by atoms with E-state index in [1.54, 1.807) is 33.2 Å². The summed E-state index contributed by atoms with van der Waals surface area (Å²) in [5, 5.41) is 57.4. The van der Waals surface area contributed by atoms with E-state index in [4.69, 9.17) is 0 Å². The van der Waals surface area contributed by atoms with Gasteiger partial charge in [-0.2, -0.15) is 0 Å². The summed E-state index contributed by atoms with van der Waals surface area (Å²) in [6, 6.07) is 3.38. The highest BCUT2D eigenvalue weighted by Gasteiger charge is 2.68. The van der Waals surface area contributed by atoms with Crippen LogP contribution in [0.4, 0.5) is 0 Å². The monoisotopic (exact) mass is 446 g/mol. The van der Waals surface area contributed by atoms with E-state index in [2.05, 4.69) is 5.32 Å². The number of phenols is 1. The first-order valence-corrected chi connectivity index (χ1v) is 10.3. The molecule has 1 fully saturated rings. The lowest BCUT2D eigenvalue weighted by atomic mass is 9.51. The van der Waals surface area contributed by atoms with Gasteiger partial charge in [-0.1, -0.05) is 19.1 Å². The van der Waals surface area contributed by atoms with Crippen LogP contribution in [-0.2, 0) is 9.59 Å². The number of aromatic hydroxyl groups is 1. The van der Waals surface area contributed by atoms with Gasteiger partial charge >= 0.3 is 0 Å². The maximum absolute atomic E-state index is 13.4. The Labute approximate surface area is 183 Å². The Balaban J connectivity index is 1.97. The fourth-order valence-electron chi connectivity index (χ4n) is 6.07. The third-order valence-electron chi connectivity index (χ3n) is 7.34. The zero-order valence-corrected chi connectivity index (χ0v) is 17.8. The molecule has 172 valence electrons. The molecule has 0 aromatic heterocycles. The Kier molecular flexibility index (Phi) is 5.17. The number of aliphatic hydroxyl groups excluding tert-OH is 2. The molecule has 0 saturated heterocycles. The number of amides is 1. The van der Waals surface area contributed by atoms with E-state index in [1.807, 2.05) is 0 Å². The molecule has 1 saturated carbocycles. The van der Waals surface area contributed by atoms with Crippen molar-refractivity contribution in [2.45, 2.75) is 30.8 Å². The van der Waals surface area contributed by atoms with Crippen molar-refractivity contribution in [1.82, 2.24) is 10.2 Å². The molecule has 7 atom stereocenters. The van der Waals surface area contributed by atoms with Crippen LogP contribution in [0.3, 0.4) is 0 Å². The normalized spacial score (nSPS) is 35.8. The Morgan fingerprint density at radius 1 is 1.06 bits per heavy atom. The van der Waals surface area contributed by atoms with Crippen molar-refractivity contribution in [3.63, 3.8) is 0 Å². The second-order valence-electron chi connectivity index (χ2n) is 9.07. The third kappa shape index (κ3) is 2.77. The molecule has 6 N–H and O–H groups in total. The minimum Gasteiger partial charge on any atom is -0.509 e. The number of carbonyl (C=O) groups is 3. The number of fused-ring (bicyclic) bond motifs is 3. The topological polar surface area (TPSA) is 168 Å². The van der Waals surface area contributed by atoms with Crippen molar-refractivity contribution < 1.29 is 39.9 Å². The minimum atomic E-state index is -2.88. The van der Waals surface area contributed by atoms with E-state index in [0.717, 1.165) is 0 Å². The van der Waals surface area contributed by atoms with Crippen LogP contribution in [0, 0.1) is 23.7 Å². The molecule has 3 aliphatic carbocycles. The van der Waals surface area contributed by atoms with Gasteiger partial charge in [0.15, 0.2) is 17.4 Å². The van der Waals surface area contributed by atoms with E-state index in [9.17, 15) is 39.9 Å². The molecule has 1 amide bonds. The molecule has 0 bridgehead atoms. The molecule has 0 spiro atoms. The fraction of sp³-hybridized carbons (Fsp3) is 0.500. The van der Waals surface area contributed by atoms with Crippen LogP contribution in [0.5, 0.6) is 5.75 Å². The lowest BCUT2D eigenvalue weighted by Crippen LogP contribution is -2.70. The summed E-state index contributed by atoms with van der Waals surface area (Å²) in [6.07, 6.45) is -1.21. The first-order chi connectivity index (χ1) is 15.0. The van der Waals surface area contributed by atoms with E-state index < -0.39 is 70.5 Å². The molecule has 1 aromatic carbocycles. The van der Waals surface area contributed by atoms with E-state index in [1.165, 1.54) is 11.0 Å². The summed E-state index contributed by atoms with van der Waals surface area (Å²) in [5.74, 6) is -11.5. The largest absolute Gasteiger partial charge is 0.509 e. The van der Waals surface area contributed by atoms with Crippen LogP contribution < -0.4 is 5.32 Å². The van der Waals surface area contributed by atoms with Crippen LogP contribution in [-0.4, -0.2) is 80.4 Å². The summed E-state index contributed by atoms with van der Waals surface area (Å²) in [7, 11) is 3.11. The number of aliphatic hydroxyl groups is 4. The van der Waals surface area contributed by atoms with Crippen molar-refractivity contribution in [2.75, 3.05) is 14.1 Å². The Hall–Kier alpha value is -2.79. The van der Waals surface area contributed by atoms with Crippen LogP contribution in [0.2, 0.25) is 0 Å². The number of likely N-dealkylation sites (N-methyl/N-ethyl adjacent to an activating group) is 1. The summed E-state index contributed by atoms with van der Waals surface area (Å²) in [6.45, 7) is 1.70. The average Bonchev–Trinajstić information content (AvgIpc) is 2.70. The van der Waals surface area contributed by atoms with Crippen molar-refractivity contribution in [1.29, 1.82) is 0 Å². The Morgan fingerprint density at radius 2 is 1.72 bits per heavy atom. The second-order valence-corrected chi connectivity index (χ2v) is 9.07. The first-order valence-electron chi connectivity index (χ1n) is 10.3. The number of nitrogens with one attached hydrogen (secondary N) is 1. The minimum absolute atomic E-state index is 0.0647. The third-order valence-corrected chi connectivity index (χ3v) is 7.34. The number of nitrogens with zero attached hydrogens (tertiary/aromatic N) is 1. The fourth-order valence-corrected chi connectivity index (χ4v) is 6.07. The average molecular weight is 446 g/mol. The van der Waals surface area contributed by atoms with E-state index >= 15 is 0 Å². The number of benzene rings is 1. The molecule has 7 unspecified atom stereocenters. The SMILES string of the molecule is CC1c2cccc(O)c2C(=O)C2C1C(O)C1C(N(C)C)C(=O)C(NC=O)=C(O)C1C2(O)O. The van der Waals surface area contributed by atoms with Crippen molar-refractivity contribution >= 4 is 18.0 Å². The zero-order valence-electron chi connectivity index (χ0n) is 17.8. The van der Waals surface area contributed by atoms with Gasteiger partial charge in [0, 0.05) is 11.8 Å². The molecule has 10 heteroatoms.